The Balaban J connectivity index is 1.40. The van der Waals surface area contributed by atoms with E-state index in [0.717, 1.165) is 25.3 Å². The average Bonchev–Trinajstić information content (AvgIpc) is 3.32. The van der Waals surface area contributed by atoms with Gasteiger partial charge in [-0.15, -0.1) is 0 Å². The number of hydrogen-bond acceptors (Lipinski definition) is 7. The van der Waals surface area contributed by atoms with E-state index in [2.05, 4.69) is 20.3 Å². The number of carbonyl (C=O) groups excluding carboxylic acids is 1. The number of oxazole rings is 1. The van der Waals surface area contributed by atoms with E-state index in [1.54, 1.807) is 25.4 Å². The SMILES string of the molecule is COc1ccc(-c2nc(C(=O)NC3CC(Cc4ccncc4)C3)c([C@H](C)N)o2)c2ccc(C(F)(F)F)nc12. The normalized spacial score (nSPS) is 18.2. The van der Waals surface area contributed by atoms with E-state index in [0.29, 0.717) is 16.9 Å². The van der Waals surface area contributed by atoms with Crippen molar-refractivity contribution in [2.45, 2.75) is 44.4 Å². The van der Waals surface area contributed by atoms with Gasteiger partial charge in [-0.3, -0.25) is 9.78 Å². The molecule has 1 aliphatic carbocycles. The van der Waals surface area contributed by atoms with E-state index in [-0.39, 0.29) is 34.7 Å². The van der Waals surface area contributed by atoms with Crippen LogP contribution in [0.3, 0.4) is 0 Å². The van der Waals surface area contributed by atoms with Gasteiger partial charge in [-0.05, 0) is 74.1 Å². The van der Waals surface area contributed by atoms with Gasteiger partial charge >= 0.3 is 6.18 Å². The standard InChI is InChI=1S/C27H26F3N5O3/c1-14(31)24-23(25(36)33-17-12-16(13-17)11-15-7-9-32-10-8-15)35-26(38-24)19-3-5-20(37-2)22-18(19)4-6-21(34-22)27(28,29)30/h3-10,14,16-17H,11-13,31H2,1-2H3,(H,33,36)/t14-,16?,17?/m0/s1. The van der Waals surface area contributed by atoms with Gasteiger partial charge in [0.25, 0.3) is 5.91 Å². The Morgan fingerprint density at radius 3 is 2.55 bits per heavy atom. The fourth-order valence-corrected chi connectivity index (χ4v) is 4.75. The number of benzene rings is 1. The number of nitrogens with two attached hydrogens (primary N) is 1. The first-order valence-corrected chi connectivity index (χ1v) is 12.2. The largest absolute Gasteiger partial charge is 0.494 e. The molecule has 0 spiro atoms. The summed E-state index contributed by atoms with van der Waals surface area (Å²) in [6.45, 7) is 1.67. The van der Waals surface area contributed by atoms with Crippen LogP contribution in [-0.2, 0) is 12.6 Å². The molecule has 5 rings (SSSR count). The summed E-state index contributed by atoms with van der Waals surface area (Å²) < 4.78 is 51.0. The summed E-state index contributed by atoms with van der Waals surface area (Å²) in [4.78, 5) is 25.4. The molecular formula is C27H26F3N5O3. The van der Waals surface area contributed by atoms with Gasteiger partial charge in [0.15, 0.2) is 11.5 Å². The minimum absolute atomic E-state index is 0.00100. The number of pyridine rings is 2. The molecule has 38 heavy (non-hydrogen) atoms. The molecule has 1 atom stereocenters. The molecular weight excluding hydrogens is 499 g/mol. The Kier molecular flexibility index (Phi) is 6.78. The molecule has 1 aromatic carbocycles. The monoisotopic (exact) mass is 525 g/mol. The molecule has 0 aliphatic heterocycles. The van der Waals surface area contributed by atoms with Crippen LogP contribution < -0.4 is 15.8 Å². The summed E-state index contributed by atoms with van der Waals surface area (Å²) in [6, 6.07) is 8.59. The Labute approximate surface area is 216 Å². The molecule has 3 heterocycles. The van der Waals surface area contributed by atoms with Crippen molar-refractivity contribution < 1.29 is 27.1 Å². The maximum Gasteiger partial charge on any atom is 0.433 e. The second kappa shape index (κ2) is 10.1. The second-order valence-electron chi connectivity index (χ2n) is 9.49. The predicted octanol–water partition coefficient (Wildman–Crippen LogP) is 5.08. The Morgan fingerprint density at radius 1 is 1.16 bits per heavy atom. The smallest absolute Gasteiger partial charge is 0.433 e. The number of hydrogen-bond donors (Lipinski definition) is 2. The topological polar surface area (TPSA) is 116 Å². The minimum atomic E-state index is -4.62. The molecule has 4 aromatic rings. The first-order valence-electron chi connectivity index (χ1n) is 12.2. The summed E-state index contributed by atoms with van der Waals surface area (Å²) in [7, 11) is 1.35. The lowest BCUT2D eigenvalue weighted by atomic mass is 9.76. The van der Waals surface area contributed by atoms with Crippen molar-refractivity contribution in [1.82, 2.24) is 20.3 Å². The van der Waals surface area contributed by atoms with Crippen LogP contribution >= 0.6 is 0 Å². The zero-order valence-corrected chi connectivity index (χ0v) is 20.7. The molecule has 0 saturated heterocycles. The molecule has 3 aromatic heterocycles. The van der Waals surface area contributed by atoms with Gasteiger partial charge in [0.2, 0.25) is 5.89 Å². The predicted molar refractivity (Wildman–Crippen MR) is 133 cm³/mol. The van der Waals surface area contributed by atoms with Crippen LogP contribution in [0.2, 0.25) is 0 Å². The maximum absolute atomic E-state index is 13.3. The van der Waals surface area contributed by atoms with Crippen LogP contribution in [0.15, 0.2) is 53.2 Å². The Bertz CT molecular complexity index is 1460. The summed E-state index contributed by atoms with van der Waals surface area (Å²) in [5.41, 5.74) is 6.65. The molecule has 1 aliphatic rings. The number of aromatic nitrogens is 3. The van der Waals surface area contributed by atoms with Crippen LogP contribution in [0.25, 0.3) is 22.4 Å². The van der Waals surface area contributed by atoms with Crippen LogP contribution in [-0.4, -0.2) is 34.0 Å². The summed E-state index contributed by atoms with van der Waals surface area (Å²) in [5.74, 6) is 0.464. The van der Waals surface area contributed by atoms with Crippen molar-refractivity contribution in [3.8, 4) is 17.2 Å². The molecule has 1 fully saturated rings. The third-order valence-corrected chi connectivity index (χ3v) is 6.69. The molecule has 3 N–H and O–H groups in total. The van der Waals surface area contributed by atoms with Crippen molar-refractivity contribution in [3.63, 3.8) is 0 Å². The number of nitrogens with zero attached hydrogens (tertiary/aromatic N) is 3. The van der Waals surface area contributed by atoms with Crippen molar-refractivity contribution in [3.05, 3.63) is 71.5 Å². The number of carbonyl (C=O) groups is 1. The van der Waals surface area contributed by atoms with Gasteiger partial charge in [0.05, 0.1) is 13.2 Å². The van der Waals surface area contributed by atoms with Crippen LogP contribution in [0.4, 0.5) is 13.2 Å². The molecule has 198 valence electrons. The average molecular weight is 526 g/mol. The fraction of sp³-hybridized carbons (Fsp3) is 0.333. The summed E-state index contributed by atoms with van der Waals surface area (Å²) >= 11 is 0. The van der Waals surface area contributed by atoms with E-state index in [1.165, 1.54) is 24.8 Å². The number of fused-ring (bicyclic) bond motifs is 1. The number of alkyl halides is 3. The van der Waals surface area contributed by atoms with E-state index < -0.39 is 23.8 Å². The Morgan fingerprint density at radius 2 is 1.89 bits per heavy atom. The van der Waals surface area contributed by atoms with Crippen molar-refractivity contribution in [2.75, 3.05) is 7.11 Å². The van der Waals surface area contributed by atoms with Crippen molar-refractivity contribution in [2.24, 2.45) is 11.7 Å². The molecule has 1 saturated carbocycles. The first-order chi connectivity index (χ1) is 18.1. The number of rotatable bonds is 7. The number of ether oxygens (including phenoxy) is 1. The highest BCUT2D eigenvalue weighted by Crippen LogP contribution is 2.38. The lowest BCUT2D eigenvalue weighted by Gasteiger charge is -2.35. The second-order valence-corrected chi connectivity index (χ2v) is 9.49. The van der Waals surface area contributed by atoms with Crippen LogP contribution in [0.1, 0.15) is 53.3 Å². The number of amides is 1. The van der Waals surface area contributed by atoms with Gasteiger partial charge in [0, 0.05) is 29.4 Å². The number of methoxy groups -OCH3 is 1. The van der Waals surface area contributed by atoms with Crippen molar-refractivity contribution in [1.29, 1.82) is 0 Å². The van der Waals surface area contributed by atoms with E-state index in [4.69, 9.17) is 14.9 Å². The third-order valence-electron chi connectivity index (χ3n) is 6.69. The van der Waals surface area contributed by atoms with Gasteiger partial charge in [0.1, 0.15) is 17.0 Å². The third kappa shape index (κ3) is 5.06. The van der Waals surface area contributed by atoms with E-state index in [1.807, 2.05) is 12.1 Å². The van der Waals surface area contributed by atoms with Gasteiger partial charge in [-0.2, -0.15) is 13.2 Å². The lowest BCUT2D eigenvalue weighted by molar-refractivity contribution is -0.140. The maximum atomic E-state index is 13.3. The highest BCUT2D eigenvalue weighted by molar-refractivity contribution is 5.98. The summed E-state index contributed by atoms with van der Waals surface area (Å²) in [6.07, 6.45) is 1.50. The molecule has 0 unspecified atom stereocenters. The van der Waals surface area contributed by atoms with Crippen molar-refractivity contribution >= 4 is 16.8 Å². The Hall–Kier alpha value is -3.99. The van der Waals surface area contributed by atoms with Gasteiger partial charge < -0.3 is 20.2 Å². The van der Waals surface area contributed by atoms with Gasteiger partial charge in [-0.1, -0.05) is 0 Å². The highest BCUT2D eigenvalue weighted by Gasteiger charge is 2.34. The minimum Gasteiger partial charge on any atom is -0.494 e. The zero-order chi connectivity index (χ0) is 27.0. The van der Waals surface area contributed by atoms with Crippen LogP contribution in [0, 0.1) is 5.92 Å². The number of halogens is 3. The molecule has 11 heteroatoms. The first kappa shape index (κ1) is 25.7. The molecule has 0 radical (unpaired) electrons. The van der Waals surface area contributed by atoms with Crippen LogP contribution in [0.5, 0.6) is 5.75 Å². The number of nitrogens with one attached hydrogen (secondary N) is 1. The quantitative estimate of drug-likeness (QED) is 0.346. The molecule has 8 nitrogen and oxygen atoms in total. The van der Waals surface area contributed by atoms with Gasteiger partial charge in [-0.25, -0.2) is 9.97 Å². The lowest BCUT2D eigenvalue weighted by Crippen LogP contribution is -2.45. The van der Waals surface area contributed by atoms with E-state index >= 15 is 0 Å². The highest BCUT2D eigenvalue weighted by atomic mass is 19.4. The van der Waals surface area contributed by atoms with E-state index in [9.17, 15) is 18.0 Å². The zero-order valence-electron chi connectivity index (χ0n) is 20.7. The summed E-state index contributed by atoms with van der Waals surface area (Å²) in [5, 5.41) is 3.33. The fourth-order valence-electron chi connectivity index (χ4n) is 4.75. The molecule has 1 amide bonds. The molecule has 0 bridgehead atoms.